The number of allylic oxidation sites excluding steroid dienone is 1. The minimum absolute atomic E-state index is 0.558. The average Bonchev–Trinajstić information content (AvgIpc) is 2.75. The first-order valence-electron chi connectivity index (χ1n) is 6.68. The lowest BCUT2D eigenvalue weighted by Gasteiger charge is -2.39. The maximum absolute atomic E-state index is 11.6. The molecule has 1 aliphatic rings. The maximum Gasteiger partial charge on any atom is 0.311 e. The number of hydrogen-bond donors (Lipinski definition) is 1. The number of aliphatic carboxylic acids is 1. The van der Waals surface area contributed by atoms with Gasteiger partial charge in [0.2, 0.25) is 0 Å². The highest BCUT2D eigenvalue weighted by Gasteiger charge is 2.41. The summed E-state index contributed by atoms with van der Waals surface area (Å²) in [4.78, 5) is 16.5. The number of carboxylic acid groups (broad SMARTS) is 1. The van der Waals surface area contributed by atoms with E-state index in [1.165, 1.54) is 9.75 Å². The Morgan fingerprint density at radius 3 is 3.00 bits per heavy atom. The molecule has 1 aliphatic heterocycles. The summed E-state index contributed by atoms with van der Waals surface area (Å²) in [6, 6.07) is 4.27. The zero-order valence-electron chi connectivity index (χ0n) is 11.4. The molecule has 4 heteroatoms. The van der Waals surface area contributed by atoms with E-state index in [1.54, 1.807) is 17.4 Å². The predicted molar refractivity (Wildman–Crippen MR) is 78.4 cm³/mol. The van der Waals surface area contributed by atoms with Crippen LogP contribution >= 0.6 is 11.3 Å². The molecule has 0 amide bonds. The fraction of sp³-hybridized carbons (Fsp3) is 0.533. The molecular formula is C15H21NO2S. The highest BCUT2D eigenvalue weighted by molar-refractivity contribution is 7.11. The largest absolute Gasteiger partial charge is 0.481 e. The topological polar surface area (TPSA) is 40.5 Å². The average molecular weight is 279 g/mol. The van der Waals surface area contributed by atoms with E-state index in [0.29, 0.717) is 13.0 Å². The lowest BCUT2D eigenvalue weighted by molar-refractivity contribution is -0.152. The van der Waals surface area contributed by atoms with Crippen molar-refractivity contribution < 1.29 is 9.90 Å². The van der Waals surface area contributed by atoms with Crippen LogP contribution in [-0.4, -0.2) is 29.1 Å². The van der Waals surface area contributed by atoms with E-state index in [1.807, 2.05) is 0 Å². The molecule has 0 bridgehead atoms. The number of nitrogens with zero attached hydrogens (tertiary/aromatic N) is 1. The molecule has 1 aromatic heterocycles. The van der Waals surface area contributed by atoms with Crippen molar-refractivity contribution in [3.05, 3.63) is 34.5 Å². The van der Waals surface area contributed by atoms with Crippen molar-refractivity contribution in [2.45, 2.75) is 32.7 Å². The summed E-state index contributed by atoms with van der Waals surface area (Å²) >= 11 is 1.79. The van der Waals surface area contributed by atoms with Crippen LogP contribution in [0, 0.1) is 12.3 Å². The Kier molecular flexibility index (Phi) is 4.42. The Morgan fingerprint density at radius 1 is 1.63 bits per heavy atom. The minimum atomic E-state index is -0.681. The van der Waals surface area contributed by atoms with Crippen molar-refractivity contribution in [2.24, 2.45) is 5.41 Å². The monoisotopic (exact) mass is 279 g/mol. The van der Waals surface area contributed by atoms with Crippen LogP contribution < -0.4 is 0 Å². The van der Waals surface area contributed by atoms with Gasteiger partial charge in [0.15, 0.2) is 0 Å². The second-order valence-corrected chi connectivity index (χ2v) is 6.78. The Morgan fingerprint density at radius 2 is 2.42 bits per heavy atom. The third kappa shape index (κ3) is 3.25. The van der Waals surface area contributed by atoms with Gasteiger partial charge in [-0.15, -0.1) is 17.9 Å². The lowest BCUT2D eigenvalue weighted by Crippen LogP contribution is -2.47. The van der Waals surface area contributed by atoms with Crippen molar-refractivity contribution in [1.82, 2.24) is 4.90 Å². The molecule has 19 heavy (non-hydrogen) atoms. The normalized spacial score (nSPS) is 24.3. The summed E-state index contributed by atoms with van der Waals surface area (Å²) in [7, 11) is 0. The summed E-state index contributed by atoms with van der Waals surface area (Å²) in [5.74, 6) is -0.681. The molecule has 0 aromatic carbocycles. The number of thiophene rings is 1. The predicted octanol–water partition coefficient (Wildman–Crippen LogP) is 3.30. The second kappa shape index (κ2) is 5.88. The number of aryl methyl sites for hydroxylation is 1. The maximum atomic E-state index is 11.6. The van der Waals surface area contributed by atoms with Gasteiger partial charge in [-0.25, -0.2) is 0 Å². The quantitative estimate of drug-likeness (QED) is 0.841. The molecule has 104 valence electrons. The van der Waals surface area contributed by atoms with Crippen molar-refractivity contribution in [3.63, 3.8) is 0 Å². The van der Waals surface area contributed by atoms with Gasteiger partial charge >= 0.3 is 5.97 Å². The summed E-state index contributed by atoms with van der Waals surface area (Å²) in [5, 5.41) is 9.54. The fourth-order valence-electron chi connectivity index (χ4n) is 2.86. The molecule has 1 atom stereocenters. The van der Waals surface area contributed by atoms with E-state index in [9.17, 15) is 9.90 Å². The first-order chi connectivity index (χ1) is 9.05. The van der Waals surface area contributed by atoms with Gasteiger partial charge in [0.05, 0.1) is 5.41 Å². The van der Waals surface area contributed by atoms with Gasteiger partial charge in [0.25, 0.3) is 0 Å². The third-order valence-corrected chi connectivity index (χ3v) is 4.81. The molecule has 0 aliphatic carbocycles. The van der Waals surface area contributed by atoms with E-state index in [4.69, 9.17) is 0 Å². The van der Waals surface area contributed by atoms with Gasteiger partial charge in [-0.05, 0) is 44.9 Å². The number of carbonyl (C=O) groups is 1. The Balaban J connectivity index is 2.07. The number of hydrogen-bond acceptors (Lipinski definition) is 3. The standard InChI is InChI=1S/C15H21NO2S/c1-3-7-15(14(17)18)8-4-9-16(11-15)10-13-6-5-12(2)19-13/h3,5-6H,1,4,7-11H2,2H3,(H,17,18). The Bertz CT molecular complexity index is 468. The van der Waals surface area contributed by atoms with Crippen molar-refractivity contribution in [3.8, 4) is 0 Å². The summed E-state index contributed by atoms with van der Waals surface area (Å²) < 4.78 is 0. The summed E-state index contributed by atoms with van der Waals surface area (Å²) in [6.07, 6.45) is 4.01. The highest BCUT2D eigenvalue weighted by atomic mass is 32.1. The van der Waals surface area contributed by atoms with E-state index in [2.05, 4.69) is 30.5 Å². The van der Waals surface area contributed by atoms with Crippen LogP contribution in [0.5, 0.6) is 0 Å². The molecule has 1 saturated heterocycles. The molecule has 0 saturated carbocycles. The van der Waals surface area contributed by atoms with Gasteiger partial charge in [-0.3, -0.25) is 9.69 Å². The van der Waals surface area contributed by atoms with Gasteiger partial charge in [0.1, 0.15) is 0 Å². The molecular weight excluding hydrogens is 258 g/mol. The second-order valence-electron chi connectivity index (χ2n) is 5.40. The van der Waals surface area contributed by atoms with Crippen LogP contribution in [0.15, 0.2) is 24.8 Å². The molecule has 1 fully saturated rings. The SMILES string of the molecule is C=CCC1(C(=O)O)CCCN(Cc2ccc(C)s2)C1. The molecule has 1 unspecified atom stereocenters. The van der Waals surface area contributed by atoms with E-state index >= 15 is 0 Å². The number of rotatable bonds is 5. The first-order valence-corrected chi connectivity index (χ1v) is 7.49. The zero-order chi connectivity index (χ0) is 13.9. The Labute approximate surface area is 118 Å². The highest BCUT2D eigenvalue weighted by Crippen LogP contribution is 2.35. The third-order valence-electron chi connectivity index (χ3n) is 3.82. The van der Waals surface area contributed by atoms with Crippen LogP contribution in [0.25, 0.3) is 0 Å². The first kappa shape index (κ1) is 14.3. The van der Waals surface area contributed by atoms with Crippen LogP contribution in [0.2, 0.25) is 0 Å². The molecule has 3 nitrogen and oxygen atoms in total. The molecule has 2 heterocycles. The molecule has 1 aromatic rings. The van der Waals surface area contributed by atoms with Crippen molar-refractivity contribution in [1.29, 1.82) is 0 Å². The van der Waals surface area contributed by atoms with E-state index < -0.39 is 11.4 Å². The number of piperidine rings is 1. The lowest BCUT2D eigenvalue weighted by atomic mass is 9.77. The molecule has 2 rings (SSSR count). The fourth-order valence-corrected chi connectivity index (χ4v) is 3.79. The molecule has 0 spiro atoms. The van der Waals surface area contributed by atoms with E-state index in [0.717, 1.165) is 25.9 Å². The van der Waals surface area contributed by atoms with E-state index in [-0.39, 0.29) is 0 Å². The zero-order valence-corrected chi connectivity index (χ0v) is 12.2. The molecule has 1 N–H and O–H groups in total. The van der Waals surface area contributed by atoms with Crippen molar-refractivity contribution >= 4 is 17.3 Å². The minimum Gasteiger partial charge on any atom is -0.481 e. The smallest absolute Gasteiger partial charge is 0.311 e. The van der Waals surface area contributed by atoms with Crippen LogP contribution in [0.3, 0.4) is 0 Å². The summed E-state index contributed by atoms with van der Waals surface area (Å²) in [5.41, 5.74) is -0.633. The van der Waals surface area contributed by atoms with Gasteiger partial charge in [-0.1, -0.05) is 6.08 Å². The van der Waals surface area contributed by atoms with Crippen molar-refractivity contribution in [2.75, 3.05) is 13.1 Å². The van der Waals surface area contributed by atoms with Crippen LogP contribution in [0.1, 0.15) is 29.0 Å². The van der Waals surface area contributed by atoms with Gasteiger partial charge in [-0.2, -0.15) is 0 Å². The van der Waals surface area contributed by atoms with Crippen LogP contribution in [0.4, 0.5) is 0 Å². The summed E-state index contributed by atoms with van der Waals surface area (Å²) in [6.45, 7) is 8.30. The number of likely N-dealkylation sites (tertiary alicyclic amines) is 1. The van der Waals surface area contributed by atoms with Gasteiger partial charge < -0.3 is 5.11 Å². The number of carboxylic acids is 1. The van der Waals surface area contributed by atoms with Crippen LogP contribution in [-0.2, 0) is 11.3 Å². The molecule has 0 radical (unpaired) electrons. The Hall–Kier alpha value is -1.13. The van der Waals surface area contributed by atoms with Gasteiger partial charge in [0, 0.05) is 22.8 Å².